The van der Waals surface area contributed by atoms with Crippen molar-refractivity contribution in [1.29, 1.82) is 0 Å². The maximum absolute atomic E-state index is 11.2. The van der Waals surface area contributed by atoms with Crippen LogP contribution in [0.2, 0.25) is 0 Å². The summed E-state index contributed by atoms with van der Waals surface area (Å²) in [6, 6.07) is 8.50. The molecule has 1 fully saturated rings. The Hall–Kier alpha value is -1.35. The van der Waals surface area contributed by atoms with Crippen LogP contribution in [0.5, 0.6) is 5.75 Å². The van der Waals surface area contributed by atoms with Crippen LogP contribution in [0, 0.1) is 0 Å². The van der Waals surface area contributed by atoms with E-state index in [-0.39, 0.29) is 0 Å². The van der Waals surface area contributed by atoms with Gasteiger partial charge in [-0.15, -0.1) is 0 Å². The Morgan fingerprint density at radius 3 is 2.65 bits per heavy atom. The molecule has 0 N–H and O–H groups in total. The summed E-state index contributed by atoms with van der Waals surface area (Å²) in [6.07, 6.45) is 1.38. The third-order valence-electron chi connectivity index (χ3n) is 3.48. The van der Waals surface area contributed by atoms with Crippen molar-refractivity contribution in [2.45, 2.75) is 25.8 Å². The summed E-state index contributed by atoms with van der Waals surface area (Å²) >= 11 is 0. The van der Waals surface area contributed by atoms with E-state index >= 15 is 0 Å². The molecule has 1 aromatic carbocycles. The standard InChI is InChI=1S/C14H19NO2/c1-11(15-8-6-13(16)7-9-15)12-4-3-5-14(10-12)17-2/h3-5,10-11H,6-9H2,1-2H3/t11-/m0/s1. The molecule has 0 amide bonds. The topological polar surface area (TPSA) is 29.5 Å². The van der Waals surface area contributed by atoms with Gasteiger partial charge in [0.15, 0.2) is 0 Å². The SMILES string of the molecule is COc1cccc([C@H](C)N2CCC(=O)CC2)c1. The summed E-state index contributed by atoms with van der Waals surface area (Å²) in [5, 5.41) is 0. The molecule has 3 nitrogen and oxygen atoms in total. The first-order valence-corrected chi connectivity index (χ1v) is 6.10. The third-order valence-corrected chi connectivity index (χ3v) is 3.48. The lowest BCUT2D eigenvalue weighted by Crippen LogP contribution is -2.35. The largest absolute Gasteiger partial charge is 0.497 e. The van der Waals surface area contributed by atoms with E-state index in [9.17, 15) is 4.79 Å². The number of carbonyl (C=O) groups is 1. The van der Waals surface area contributed by atoms with Crippen LogP contribution in [0.15, 0.2) is 24.3 Å². The molecule has 92 valence electrons. The number of likely N-dealkylation sites (tertiary alicyclic amines) is 1. The minimum atomic E-state index is 0.346. The van der Waals surface area contributed by atoms with E-state index in [1.807, 2.05) is 12.1 Å². The number of nitrogens with zero attached hydrogens (tertiary/aromatic N) is 1. The highest BCUT2D eigenvalue weighted by molar-refractivity contribution is 5.79. The Morgan fingerprint density at radius 2 is 2.00 bits per heavy atom. The first-order valence-electron chi connectivity index (χ1n) is 6.10. The van der Waals surface area contributed by atoms with Gasteiger partial charge in [0.2, 0.25) is 0 Å². The molecule has 0 aliphatic carbocycles. The number of ether oxygens (including phenoxy) is 1. The predicted octanol–water partition coefficient (Wildman–Crippen LogP) is 2.42. The second-order valence-corrected chi connectivity index (χ2v) is 4.53. The second kappa shape index (κ2) is 5.32. The quantitative estimate of drug-likeness (QED) is 0.803. The molecular weight excluding hydrogens is 214 g/mol. The number of hydrogen-bond acceptors (Lipinski definition) is 3. The van der Waals surface area contributed by atoms with Crippen molar-refractivity contribution in [3.05, 3.63) is 29.8 Å². The van der Waals surface area contributed by atoms with Crippen molar-refractivity contribution in [3.63, 3.8) is 0 Å². The Kier molecular flexibility index (Phi) is 3.79. The molecule has 1 aliphatic rings. The van der Waals surface area contributed by atoms with Crippen LogP contribution < -0.4 is 4.74 Å². The third kappa shape index (κ3) is 2.86. The average molecular weight is 233 g/mol. The summed E-state index contributed by atoms with van der Waals surface area (Å²) < 4.78 is 5.24. The lowest BCUT2D eigenvalue weighted by Gasteiger charge is -2.32. The van der Waals surface area contributed by atoms with Crippen LogP contribution in [0.4, 0.5) is 0 Å². The molecule has 2 rings (SSSR count). The molecule has 1 heterocycles. The van der Waals surface area contributed by atoms with Crippen LogP contribution in [-0.2, 0) is 4.79 Å². The van der Waals surface area contributed by atoms with Crippen molar-refractivity contribution in [2.24, 2.45) is 0 Å². The van der Waals surface area contributed by atoms with Gasteiger partial charge in [0, 0.05) is 32.0 Å². The molecule has 0 bridgehead atoms. The van der Waals surface area contributed by atoms with Gasteiger partial charge < -0.3 is 4.74 Å². The monoisotopic (exact) mass is 233 g/mol. The maximum Gasteiger partial charge on any atom is 0.135 e. The Bertz CT molecular complexity index is 393. The lowest BCUT2D eigenvalue weighted by molar-refractivity contribution is -0.121. The number of rotatable bonds is 3. The van der Waals surface area contributed by atoms with Gasteiger partial charge in [-0.1, -0.05) is 12.1 Å². The molecule has 0 spiro atoms. The zero-order valence-corrected chi connectivity index (χ0v) is 10.5. The van der Waals surface area contributed by atoms with Crippen LogP contribution >= 0.6 is 0 Å². The average Bonchev–Trinajstić information content (AvgIpc) is 2.39. The van der Waals surface area contributed by atoms with E-state index in [4.69, 9.17) is 4.74 Å². The molecule has 0 radical (unpaired) electrons. The van der Waals surface area contributed by atoms with E-state index in [2.05, 4.69) is 24.0 Å². The molecule has 1 saturated heterocycles. The van der Waals surface area contributed by atoms with Crippen LogP contribution in [0.1, 0.15) is 31.4 Å². The predicted molar refractivity (Wildman–Crippen MR) is 67.2 cm³/mol. The molecular formula is C14H19NO2. The Balaban J connectivity index is 2.07. The van der Waals surface area contributed by atoms with Crippen molar-refractivity contribution in [1.82, 2.24) is 4.90 Å². The molecule has 3 heteroatoms. The summed E-state index contributed by atoms with van der Waals surface area (Å²) in [5.74, 6) is 1.28. The molecule has 0 aromatic heterocycles. The highest BCUT2D eigenvalue weighted by Gasteiger charge is 2.21. The van der Waals surface area contributed by atoms with Gasteiger partial charge in [0.25, 0.3) is 0 Å². The first kappa shape index (κ1) is 12.1. The highest BCUT2D eigenvalue weighted by atomic mass is 16.5. The van der Waals surface area contributed by atoms with E-state index < -0.39 is 0 Å². The Morgan fingerprint density at radius 1 is 1.29 bits per heavy atom. The van der Waals surface area contributed by atoms with Gasteiger partial charge in [-0.3, -0.25) is 9.69 Å². The zero-order chi connectivity index (χ0) is 12.3. The number of ketones is 1. The molecule has 1 aliphatic heterocycles. The van der Waals surface area contributed by atoms with E-state index in [1.54, 1.807) is 7.11 Å². The lowest BCUT2D eigenvalue weighted by atomic mass is 10.0. The normalized spacial score (nSPS) is 19.1. The summed E-state index contributed by atoms with van der Waals surface area (Å²) in [6.45, 7) is 3.93. The molecule has 17 heavy (non-hydrogen) atoms. The van der Waals surface area contributed by atoms with Gasteiger partial charge in [0.05, 0.1) is 7.11 Å². The molecule has 1 atom stereocenters. The van der Waals surface area contributed by atoms with Crippen LogP contribution in [0.25, 0.3) is 0 Å². The van der Waals surface area contributed by atoms with Gasteiger partial charge in [-0.2, -0.15) is 0 Å². The molecule has 0 unspecified atom stereocenters. The number of methoxy groups -OCH3 is 1. The van der Waals surface area contributed by atoms with Crippen LogP contribution in [0.3, 0.4) is 0 Å². The summed E-state index contributed by atoms with van der Waals surface area (Å²) in [7, 11) is 1.68. The zero-order valence-electron chi connectivity index (χ0n) is 10.5. The second-order valence-electron chi connectivity index (χ2n) is 4.53. The minimum Gasteiger partial charge on any atom is -0.497 e. The van der Waals surface area contributed by atoms with E-state index in [1.165, 1.54) is 5.56 Å². The number of piperidine rings is 1. The van der Waals surface area contributed by atoms with Crippen molar-refractivity contribution in [3.8, 4) is 5.75 Å². The van der Waals surface area contributed by atoms with Crippen molar-refractivity contribution >= 4 is 5.78 Å². The summed E-state index contributed by atoms with van der Waals surface area (Å²) in [4.78, 5) is 13.6. The van der Waals surface area contributed by atoms with Crippen molar-refractivity contribution in [2.75, 3.05) is 20.2 Å². The number of Topliss-reactive ketones (excluding diaryl/α,β-unsaturated/α-hetero) is 1. The maximum atomic E-state index is 11.2. The summed E-state index contributed by atoms with van der Waals surface area (Å²) in [5.41, 5.74) is 1.25. The smallest absolute Gasteiger partial charge is 0.135 e. The fourth-order valence-electron chi connectivity index (χ4n) is 2.27. The van der Waals surface area contributed by atoms with E-state index in [0.717, 1.165) is 18.8 Å². The fourth-order valence-corrected chi connectivity index (χ4v) is 2.27. The van der Waals surface area contributed by atoms with E-state index in [0.29, 0.717) is 24.7 Å². The molecule has 1 aromatic rings. The number of carbonyl (C=O) groups excluding carboxylic acids is 1. The van der Waals surface area contributed by atoms with Gasteiger partial charge in [0.1, 0.15) is 11.5 Å². The van der Waals surface area contributed by atoms with Gasteiger partial charge >= 0.3 is 0 Å². The highest BCUT2D eigenvalue weighted by Crippen LogP contribution is 2.25. The number of benzene rings is 1. The Labute approximate surface area is 102 Å². The van der Waals surface area contributed by atoms with Crippen molar-refractivity contribution < 1.29 is 9.53 Å². The minimum absolute atomic E-state index is 0.346. The van der Waals surface area contributed by atoms with Gasteiger partial charge in [-0.05, 0) is 24.6 Å². The molecule has 0 saturated carbocycles. The first-order chi connectivity index (χ1) is 8.20. The van der Waals surface area contributed by atoms with Crippen LogP contribution in [-0.4, -0.2) is 30.9 Å². The fraction of sp³-hybridized carbons (Fsp3) is 0.500. The number of hydrogen-bond donors (Lipinski definition) is 0. The van der Waals surface area contributed by atoms with Gasteiger partial charge in [-0.25, -0.2) is 0 Å².